The fourth-order valence-electron chi connectivity index (χ4n) is 1.35. The Hall–Kier alpha value is -1.36. The van der Waals surface area contributed by atoms with Crippen LogP contribution >= 0.6 is 0 Å². The number of carbonyl (C=O) groups excluding carboxylic acids is 1. The second kappa shape index (κ2) is 5.50. The van der Waals surface area contributed by atoms with Crippen LogP contribution in [0.1, 0.15) is 17.4 Å². The van der Waals surface area contributed by atoms with Crippen molar-refractivity contribution in [3.63, 3.8) is 0 Å². The van der Waals surface area contributed by atoms with Crippen LogP contribution in [-0.4, -0.2) is 35.6 Å². The summed E-state index contributed by atoms with van der Waals surface area (Å²) in [6, 6.07) is 0. The van der Waals surface area contributed by atoms with Crippen molar-refractivity contribution in [1.82, 2.24) is 20.2 Å². The lowest BCUT2D eigenvalue weighted by atomic mass is 10.2. The Bertz CT molecular complexity index is 321. The number of rotatable bonds is 5. The summed E-state index contributed by atoms with van der Waals surface area (Å²) in [6.45, 7) is 3.65. The molecule has 0 aliphatic rings. The van der Waals surface area contributed by atoms with E-state index in [1.807, 2.05) is 7.05 Å². The maximum Gasteiger partial charge on any atom is 0.269 e. The molecular weight excluding hydrogens is 192 g/mol. The molecule has 84 valence electrons. The van der Waals surface area contributed by atoms with E-state index in [9.17, 15) is 4.79 Å². The minimum atomic E-state index is -0.0713. The van der Waals surface area contributed by atoms with Gasteiger partial charge in [-0.15, -0.1) is 0 Å². The molecule has 15 heavy (non-hydrogen) atoms. The monoisotopic (exact) mass is 210 g/mol. The Morgan fingerprint density at radius 2 is 2.33 bits per heavy atom. The molecule has 1 aromatic heterocycles. The Labute approximate surface area is 89.9 Å². The van der Waals surface area contributed by atoms with Gasteiger partial charge in [0, 0.05) is 13.6 Å². The zero-order chi connectivity index (χ0) is 11.3. The first-order valence-electron chi connectivity index (χ1n) is 5.04. The van der Waals surface area contributed by atoms with E-state index in [-0.39, 0.29) is 5.91 Å². The van der Waals surface area contributed by atoms with Crippen molar-refractivity contribution in [1.29, 1.82) is 0 Å². The summed E-state index contributed by atoms with van der Waals surface area (Å²) in [7, 11) is 3.71. The van der Waals surface area contributed by atoms with E-state index in [0.717, 1.165) is 6.54 Å². The fourth-order valence-corrected chi connectivity index (χ4v) is 1.35. The number of hydrogen-bond acceptors (Lipinski definition) is 3. The average Bonchev–Trinajstić information content (AvgIpc) is 2.61. The van der Waals surface area contributed by atoms with Crippen LogP contribution in [0, 0.1) is 5.92 Å². The van der Waals surface area contributed by atoms with Crippen molar-refractivity contribution in [3.05, 3.63) is 18.2 Å². The lowest BCUT2D eigenvalue weighted by Gasteiger charge is -2.11. The van der Waals surface area contributed by atoms with Gasteiger partial charge in [-0.3, -0.25) is 4.79 Å². The summed E-state index contributed by atoms with van der Waals surface area (Å²) in [5.74, 6) is 0.352. The third-order valence-corrected chi connectivity index (χ3v) is 2.21. The van der Waals surface area contributed by atoms with Crippen molar-refractivity contribution >= 4 is 5.91 Å². The number of nitrogens with zero attached hydrogens (tertiary/aromatic N) is 2. The average molecular weight is 210 g/mol. The highest BCUT2D eigenvalue weighted by atomic mass is 16.1. The van der Waals surface area contributed by atoms with Gasteiger partial charge in [0.1, 0.15) is 5.69 Å². The zero-order valence-corrected chi connectivity index (χ0v) is 9.45. The third kappa shape index (κ3) is 3.36. The second-order valence-corrected chi connectivity index (χ2v) is 3.76. The molecule has 1 heterocycles. The lowest BCUT2D eigenvalue weighted by molar-refractivity contribution is 0.0940. The van der Waals surface area contributed by atoms with Gasteiger partial charge in [-0.05, 0) is 19.5 Å². The summed E-state index contributed by atoms with van der Waals surface area (Å²) in [6.07, 6.45) is 3.18. The normalized spacial score (nSPS) is 12.5. The molecule has 0 aliphatic heterocycles. The molecule has 1 rings (SSSR count). The number of nitrogens with one attached hydrogen (secondary N) is 2. The molecule has 0 aliphatic carbocycles. The molecule has 5 heteroatoms. The second-order valence-electron chi connectivity index (χ2n) is 3.76. The van der Waals surface area contributed by atoms with Crippen LogP contribution in [0.3, 0.4) is 0 Å². The van der Waals surface area contributed by atoms with Gasteiger partial charge >= 0.3 is 0 Å². The quantitative estimate of drug-likeness (QED) is 0.719. The SMILES string of the molecule is CNCC(C)CNC(=O)c1cncn1C. The fraction of sp³-hybridized carbons (Fsp3) is 0.600. The molecule has 0 aromatic carbocycles. The molecule has 5 nitrogen and oxygen atoms in total. The first-order chi connectivity index (χ1) is 7.15. The van der Waals surface area contributed by atoms with Crippen molar-refractivity contribution in [2.75, 3.05) is 20.1 Å². The van der Waals surface area contributed by atoms with Gasteiger partial charge < -0.3 is 15.2 Å². The zero-order valence-electron chi connectivity index (χ0n) is 9.45. The number of hydrogen-bond donors (Lipinski definition) is 2. The predicted molar refractivity (Wildman–Crippen MR) is 58.6 cm³/mol. The van der Waals surface area contributed by atoms with Crippen LogP contribution in [0.5, 0.6) is 0 Å². The van der Waals surface area contributed by atoms with Gasteiger partial charge in [0.15, 0.2) is 0 Å². The van der Waals surface area contributed by atoms with Gasteiger partial charge in [-0.25, -0.2) is 4.98 Å². The maximum atomic E-state index is 11.6. The largest absolute Gasteiger partial charge is 0.350 e. The summed E-state index contributed by atoms with van der Waals surface area (Å²) in [4.78, 5) is 15.5. The third-order valence-electron chi connectivity index (χ3n) is 2.21. The topological polar surface area (TPSA) is 58.9 Å². The smallest absolute Gasteiger partial charge is 0.269 e. The van der Waals surface area contributed by atoms with Crippen LogP contribution in [0.25, 0.3) is 0 Å². The van der Waals surface area contributed by atoms with E-state index in [1.54, 1.807) is 24.1 Å². The van der Waals surface area contributed by atoms with E-state index < -0.39 is 0 Å². The predicted octanol–water partition coefficient (Wildman–Crippen LogP) is 0.00540. The Balaban J connectivity index is 2.40. The van der Waals surface area contributed by atoms with Crippen molar-refractivity contribution in [2.45, 2.75) is 6.92 Å². The van der Waals surface area contributed by atoms with E-state index in [1.165, 1.54) is 0 Å². The highest BCUT2D eigenvalue weighted by molar-refractivity contribution is 5.92. The van der Waals surface area contributed by atoms with Gasteiger partial charge in [-0.2, -0.15) is 0 Å². The molecule has 0 fully saturated rings. The highest BCUT2D eigenvalue weighted by Gasteiger charge is 2.10. The first kappa shape index (κ1) is 11.7. The van der Waals surface area contributed by atoms with E-state index in [2.05, 4.69) is 22.5 Å². The molecule has 0 bridgehead atoms. The Morgan fingerprint density at radius 1 is 1.60 bits per heavy atom. The molecule has 1 amide bonds. The molecular formula is C10H18N4O. The van der Waals surface area contributed by atoms with Crippen LogP contribution in [-0.2, 0) is 7.05 Å². The minimum Gasteiger partial charge on any atom is -0.350 e. The number of amides is 1. The molecule has 1 atom stereocenters. The van der Waals surface area contributed by atoms with Crippen molar-refractivity contribution in [3.8, 4) is 0 Å². The summed E-state index contributed by atoms with van der Waals surface area (Å²) in [5, 5.41) is 5.94. The minimum absolute atomic E-state index is 0.0713. The number of aryl methyl sites for hydroxylation is 1. The maximum absolute atomic E-state index is 11.6. The highest BCUT2D eigenvalue weighted by Crippen LogP contribution is 1.96. The van der Waals surface area contributed by atoms with E-state index >= 15 is 0 Å². The Morgan fingerprint density at radius 3 is 2.87 bits per heavy atom. The molecule has 0 saturated heterocycles. The lowest BCUT2D eigenvalue weighted by Crippen LogP contribution is -2.33. The van der Waals surface area contributed by atoms with Crippen LogP contribution in [0.15, 0.2) is 12.5 Å². The van der Waals surface area contributed by atoms with Crippen LogP contribution < -0.4 is 10.6 Å². The van der Waals surface area contributed by atoms with E-state index in [0.29, 0.717) is 18.2 Å². The van der Waals surface area contributed by atoms with Crippen molar-refractivity contribution < 1.29 is 4.79 Å². The number of imidazole rings is 1. The van der Waals surface area contributed by atoms with Gasteiger partial charge in [-0.1, -0.05) is 6.92 Å². The summed E-state index contributed by atoms with van der Waals surface area (Å²) >= 11 is 0. The van der Waals surface area contributed by atoms with Crippen LogP contribution in [0.4, 0.5) is 0 Å². The van der Waals surface area contributed by atoms with Gasteiger partial charge in [0.25, 0.3) is 5.91 Å². The molecule has 1 unspecified atom stereocenters. The van der Waals surface area contributed by atoms with Gasteiger partial charge in [0.2, 0.25) is 0 Å². The summed E-state index contributed by atoms with van der Waals surface area (Å²) < 4.78 is 1.71. The summed E-state index contributed by atoms with van der Waals surface area (Å²) in [5.41, 5.74) is 0.589. The molecule has 0 saturated carbocycles. The Kier molecular flexibility index (Phi) is 4.30. The van der Waals surface area contributed by atoms with E-state index in [4.69, 9.17) is 0 Å². The number of aromatic nitrogens is 2. The van der Waals surface area contributed by atoms with Gasteiger partial charge in [0.05, 0.1) is 12.5 Å². The number of carbonyl (C=O) groups is 1. The molecule has 0 radical (unpaired) electrons. The molecule has 0 spiro atoms. The standard InChI is InChI=1S/C10H18N4O/c1-8(4-11-2)5-13-10(15)9-6-12-7-14(9)3/h6-8,11H,4-5H2,1-3H3,(H,13,15). The first-order valence-corrected chi connectivity index (χ1v) is 5.04. The van der Waals surface area contributed by atoms with Crippen molar-refractivity contribution in [2.24, 2.45) is 13.0 Å². The molecule has 1 aromatic rings. The molecule has 2 N–H and O–H groups in total. The van der Waals surface area contributed by atoms with Crippen LogP contribution in [0.2, 0.25) is 0 Å².